The molecule has 1 saturated heterocycles. The molecule has 4 rings (SSSR count). The monoisotopic (exact) mass is 455 g/mol. The van der Waals surface area contributed by atoms with Crippen LogP contribution in [0.4, 0.5) is 11.5 Å². The normalized spacial score (nSPS) is 13.9. The maximum atomic E-state index is 12.4. The van der Waals surface area contributed by atoms with Gasteiger partial charge in [-0.05, 0) is 42.3 Å². The van der Waals surface area contributed by atoms with Crippen LogP contribution in [-0.2, 0) is 6.42 Å². The molecule has 0 unspecified atom stereocenters. The summed E-state index contributed by atoms with van der Waals surface area (Å²) < 4.78 is 0. The predicted octanol–water partition coefficient (Wildman–Crippen LogP) is 4.08. The molecule has 0 bridgehead atoms. The van der Waals surface area contributed by atoms with Gasteiger partial charge >= 0.3 is 0 Å². The van der Waals surface area contributed by atoms with Crippen molar-refractivity contribution in [3.05, 3.63) is 82.2 Å². The van der Waals surface area contributed by atoms with Gasteiger partial charge in [0.05, 0.1) is 15.6 Å². The van der Waals surface area contributed by atoms with Crippen LogP contribution in [0.2, 0.25) is 10.0 Å². The Bertz CT molecular complexity index is 1020. The van der Waals surface area contributed by atoms with E-state index in [2.05, 4.69) is 25.1 Å². The SMILES string of the molecule is O=C(NCCc1cccc(Cl)c1Cl)c1ccc(N2CCN(c3ccncc3)CC2)nc1. The Morgan fingerprint density at radius 3 is 2.42 bits per heavy atom. The van der Waals surface area contributed by atoms with Crippen LogP contribution in [0.5, 0.6) is 0 Å². The second-order valence-corrected chi connectivity index (χ2v) is 8.09. The number of anilines is 2. The van der Waals surface area contributed by atoms with Gasteiger partial charge < -0.3 is 15.1 Å². The topological polar surface area (TPSA) is 61.4 Å². The summed E-state index contributed by atoms with van der Waals surface area (Å²) in [6, 6.07) is 13.3. The second kappa shape index (κ2) is 9.98. The van der Waals surface area contributed by atoms with E-state index < -0.39 is 0 Å². The zero-order valence-electron chi connectivity index (χ0n) is 17.0. The molecule has 0 radical (unpaired) electrons. The zero-order valence-corrected chi connectivity index (χ0v) is 18.5. The fraction of sp³-hybridized carbons (Fsp3) is 0.261. The van der Waals surface area contributed by atoms with Crippen molar-refractivity contribution in [2.24, 2.45) is 0 Å². The molecular formula is C23H23Cl2N5O. The van der Waals surface area contributed by atoms with Gasteiger partial charge in [0.2, 0.25) is 0 Å². The Kier molecular flexibility index (Phi) is 6.89. The zero-order chi connectivity index (χ0) is 21.6. The van der Waals surface area contributed by atoms with Gasteiger partial charge in [-0.2, -0.15) is 0 Å². The summed E-state index contributed by atoms with van der Waals surface area (Å²) >= 11 is 12.2. The van der Waals surface area contributed by atoms with Crippen LogP contribution in [-0.4, -0.2) is 48.6 Å². The molecule has 31 heavy (non-hydrogen) atoms. The summed E-state index contributed by atoms with van der Waals surface area (Å²) in [7, 11) is 0. The van der Waals surface area contributed by atoms with Crippen LogP contribution in [0, 0.1) is 0 Å². The Labute approximate surface area is 191 Å². The summed E-state index contributed by atoms with van der Waals surface area (Å²) in [6.45, 7) is 4.06. The molecule has 0 spiro atoms. The number of carbonyl (C=O) groups excluding carboxylic acids is 1. The lowest BCUT2D eigenvalue weighted by molar-refractivity contribution is 0.0954. The van der Waals surface area contributed by atoms with Gasteiger partial charge in [0.1, 0.15) is 5.82 Å². The van der Waals surface area contributed by atoms with Crippen molar-refractivity contribution in [2.75, 3.05) is 42.5 Å². The molecule has 3 heterocycles. The number of amides is 1. The lowest BCUT2D eigenvalue weighted by Crippen LogP contribution is -2.46. The molecule has 0 aliphatic carbocycles. The number of rotatable bonds is 6. The smallest absolute Gasteiger partial charge is 0.252 e. The number of aromatic nitrogens is 2. The van der Waals surface area contributed by atoms with Crippen molar-refractivity contribution in [3.8, 4) is 0 Å². The predicted molar refractivity (Wildman–Crippen MR) is 125 cm³/mol. The molecule has 0 atom stereocenters. The van der Waals surface area contributed by atoms with E-state index >= 15 is 0 Å². The minimum Gasteiger partial charge on any atom is -0.368 e. The molecule has 8 heteroatoms. The minimum absolute atomic E-state index is 0.153. The lowest BCUT2D eigenvalue weighted by Gasteiger charge is -2.36. The Morgan fingerprint density at radius 1 is 0.968 bits per heavy atom. The number of halogens is 2. The number of hydrogen-bond donors (Lipinski definition) is 1. The van der Waals surface area contributed by atoms with Crippen molar-refractivity contribution in [2.45, 2.75) is 6.42 Å². The summed E-state index contributed by atoms with van der Waals surface area (Å²) in [5.41, 5.74) is 2.64. The van der Waals surface area contributed by atoms with E-state index in [4.69, 9.17) is 23.2 Å². The van der Waals surface area contributed by atoms with E-state index in [1.54, 1.807) is 12.3 Å². The first kappa shape index (κ1) is 21.4. The van der Waals surface area contributed by atoms with Crippen molar-refractivity contribution < 1.29 is 4.79 Å². The van der Waals surface area contributed by atoms with Crippen molar-refractivity contribution >= 4 is 40.6 Å². The fourth-order valence-electron chi connectivity index (χ4n) is 3.61. The maximum absolute atomic E-state index is 12.4. The summed E-state index contributed by atoms with van der Waals surface area (Å²) in [5, 5.41) is 3.97. The third kappa shape index (κ3) is 5.27. The van der Waals surface area contributed by atoms with Crippen molar-refractivity contribution in [1.29, 1.82) is 0 Å². The average molecular weight is 456 g/mol. The number of pyridine rings is 2. The molecule has 1 aromatic carbocycles. The van der Waals surface area contributed by atoms with Crippen molar-refractivity contribution in [3.63, 3.8) is 0 Å². The molecule has 2 aromatic heterocycles. The number of nitrogens with one attached hydrogen (secondary N) is 1. The van der Waals surface area contributed by atoms with E-state index in [-0.39, 0.29) is 5.91 Å². The van der Waals surface area contributed by atoms with Gasteiger partial charge in [-0.1, -0.05) is 35.3 Å². The van der Waals surface area contributed by atoms with Crippen LogP contribution >= 0.6 is 23.2 Å². The van der Waals surface area contributed by atoms with E-state index in [1.165, 1.54) is 5.69 Å². The van der Waals surface area contributed by atoms with Gasteiger partial charge in [-0.15, -0.1) is 0 Å². The molecule has 6 nitrogen and oxygen atoms in total. The van der Waals surface area contributed by atoms with E-state index in [9.17, 15) is 4.79 Å². The second-order valence-electron chi connectivity index (χ2n) is 7.30. The molecule has 1 aliphatic rings. The molecular weight excluding hydrogens is 433 g/mol. The highest BCUT2D eigenvalue weighted by Crippen LogP contribution is 2.25. The van der Waals surface area contributed by atoms with E-state index in [0.29, 0.717) is 28.6 Å². The average Bonchev–Trinajstić information content (AvgIpc) is 2.82. The number of benzene rings is 1. The Balaban J connectivity index is 1.28. The highest BCUT2D eigenvalue weighted by atomic mass is 35.5. The lowest BCUT2D eigenvalue weighted by atomic mass is 10.1. The van der Waals surface area contributed by atoms with Crippen molar-refractivity contribution in [1.82, 2.24) is 15.3 Å². The van der Waals surface area contributed by atoms with E-state index in [1.807, 2.05) is 48.8 Å². The number of nitrogens with zero attached hydrogens (tertiary/aromatic N) is 4. The molecule has 1 aliphatic heterocycles. The van der Waals surface area contributed by atoms with Gasteiger partial charge in [0.15, 0.2) is 0 Å². The van der Waals surface area contributed by atoms with Gasteiger partial charge in [-0.3, -0.25) is 9.78 Å². The van der Waals surface area contributed by atoms with Gasteiger partial charge in [0, 0.05) is 57.0 Å². The van der Waals surface area contributed by atoms with Crippen LogP contribution in [0.1, 0.15) is 15.9 Å². The third-order valence-corrected chi connectivity index (χ3v) is 6.21. The molecule has 1 fully saturated rings. The Morgan fingerprint density at radius 2 is 1.71 bits per heavy atom. The highest BCUT2D eigenvalue weighted by molar-refractivity contribution is 6.42. The first-order chi connectivity index (χ1) is 15.1. The van der Waals surface area contributed by atoms with Crippen LogP contribution in [0.15, 0.2) is 61.1 Å². The maximum Gasteiger partial charge on any atom is 0.252 e. The first-order valence-electron chi connectivity index (χ1n) is 10.2. The van der Waals surface area contributed by atoms with Crippen LogP contribution in [0.3, 0.4) is 0 Å². The largest absolute Gasteiger partial charge is 0.368 e. The number of carbonyl (C=O) groups is 1. The number of hydrogen-bond acceptors (Lipinski definition) is 5. The minimum atomic E-state index is -0.153. The van der Waals surface area contributed by atoms with Crippen LogP contribution < -0.4 is 15.1 Å². The standard InChI is InChI=1S/C23H23Cl2N5O/c24-20-3-1-2-17(22(20)25)6-11-27-23(31)18-4-5-21(28-16-18)30-14-12-29(13-15-30)19-7-9-26-10-8-19/h1-5,7-10,16H,6,11-15H2,(H,27,31). The first-order valence-corrected chi connectivity index (χ1v) is 10.9. The Hall–Kier alpha value is -2.83. The molecule has 3 aromatic rings. The van der Waals surface area contributed by atoms with Gasteiger partial charge in [0.25, 0.3) is 5.91 Å². The van der Waals surface area contributed by atoms with Crippen LogP contribution in [0.25, 0.3) is 0 Å². The summed E-state index contributed by atoms with van der Waals surface area (Å²) in [4.78, 5) is 25.6. The molecule has 1 N–H and O–H groups in total. The highest BCUT2D eigenvalue weighted by Gasteiger charge is 2.18. The quantitative estimate of drug-likeness (QED) is 0.606. The fourth-order valence-corrected chi connectivity index (χ4v) is 4.02. The molecule has 160 valence electrons. The molecule has 0 saturated carbocycles. The van der Waals surface area contributed by atoms with E-state index in [0.717, 1.165) is 37.6 Å². The third-order valence-electron chi connectivity index (χ3n) is 5.35. The van der Waals surface area contributed by atoms with Gasteiger partial charge in [-0.25, -0.2) is 4.98 Å². The summed E-state index contributed by atoms with van der Waals surface area (Å²) in [6.07, 6.45) is 5.87. The number of piperazine rings is 1. The summed E-state index contributed by atoms with van der Waals surface area (Å²) in [5.74, 6) is 0.733. The molecule has 1 amide bonds.